The van der Waals surface area contributed by atoms with Crippen LogP contribution in [0, 0.1) is 11.6 Å². The van der Waals surface area contributed by atoms with Crippen molar-refractivity contribution < 1.29 is 18.3 Å². The van der Waals surface area contributed by atoms with Crippen molar-refractivity contribution in [3.05, 3.63) is 47.7 Å². The summed E-state index contributed by atoms with van der Waals surface area (Å²) in [6.07, 6.45) is 1.71. The number of morpholine rings is 1. The summed E-state index contributed by atoms with van der Waals surface area (Å²) in [5.41, 5.74) is 0.839. The smallest absolute Gasteiger partial charge is 0.256 e. The van der Waals surface area contributed by atoms with Crippen LogP contribution in [0.2, 0.25) is 0 Å². The molecule has 7 nitrogen and oxygen atoms in total. The van der Waals surface area contributed by atoms with E-state index >= 15 is 0 Å². The van der Waals surface area contributed by atoms with Gasteiger partial charge in [0.2, 0.25) is 0 Å². The molecular formula is C19H21F2N5O2. The Bertz CT molecular complexity index is 852. The van der Waals surface area contributed by atoms with Crippen molar-refractivity contribution in [2.75, 3.05) is 62.3 Å². The first-order valence-electron chi connectivity index (χ1n) is 9.26. The molecule has 2 aliphatic heterocycles. The van der Waals surface area contributed by atoms with E-state index in [2.05, 4.69) is 20.0 Å². The van der Waals surface area contributed by atoms with E-state index in [0.29, 0.717) is 39.4 Å². The van der Waals surface area contributed by atoms with E-state index in [1.54, 1.807) is 11.1 Å². The maximum absolute atomic E-state index is 13.9. The second-order valence-corrected chi connectivity index (χ2v) is 6.77. The number of ether oxygens (including phenoxy) is 1. The number of benzene rings is 1. The van der Waals surface area contributed by atoms with Crippen LogP contribution in [0.3, 0.4) is 0 Å². The Morgan fingerprint density at radius 1 is 0.964 bits per heavy atom. The molecule has 0 N–H and O–H groups in total. The lowest BCUT2D eigenvalue weighted by Gasteiger charge is -2.36. The lowest BCUT2D eigenvalue weighted by Crippen LogP contribution is -2.49. The van der Waals surface area contributed by atoms with Crippen LogP contribution in [0.4, 0.5) is 20.3 Å². The highest BCUT2D eigenvalue weighted by Gasteiger charge is 2.25. The van der Waals surface area contributed by atoms with Crippen LogP contribution in [0.5, 0.6) is 0 Å². The third kappa shape index (κ3) is 3.89. The fraction of sp³-hybridized carbons (Fsp3) is 0.421. The molecule has 0 spiro atoms. The molecule has 9 heteroatoms. The number of hydrogen-bond donors (Lipinski definition) is 0. The number of hydrogen-bond acceptors (Lipinski definition) is 6. The summed E-state index contributed by atoms with van der Waals surface area (Å²) in [5.74, 6) is -1.13. The topological polar surface area (TPSA) is 61.8 Å². The van der Waals surface area contributed by atoms with Crippen molar-refractivity contribution in [2.24, 2.45) is 0 Å². The molecule has 2 aliphatic rings. The summed E-state index contributed by atoms with van der Waals surface area (Å²) in [5, 5.41) is 8.33. The number of amides is 1. The van der Waals surface area contributed by atoms with Gasteiger partial charge in [0.1, 0.15) is 11.6 Å². The van der Waals surface area contributed by atoms with Crippen molar-refractivity contribution in [3.63, 3.8) is 0 Å². The van der Waals surface area contributed by atoms with Gasteiger partial charge in [-0.25, -0.2) is 8.78 Å². The predicted molar refractivity (Wildman–Crippen MR) is 99.5 cm³/mol. The second kappa shape index (κ2) is 8.05. The number of rotatable bonds is 3. The van der Waals surface area contributed by atoms with Crippen LogP contribution < -0.4 is 9.80 Å². The van der Waals surface area contributed by atoms with Crippen molar-refractivity contribution in [1.82, 2.24) is 15.1 Å². The number of aromatic nitrogens is 2. The normalized spacial score (nSPS) is 17.7. The number of anilines is 2. The average Bonchev–Trinajstić information content (AvgIpc) is 2.74. The minimum Gasteiger partial charge on any atom is -0.378 e. The molecule has 4 rings (SSSR count). The van der Waals surface area contributed by atoms with Gasteiger partial charge in [-0.2, -0.15) is 5.10 Å². The molecule has 1 amide bonds. The van der Waals surface area contributed by atoms with Crippen LogP contribution in [0.15, 0.2) is 30.5 Å². The minimum absolute atomic E-state index is 0.102. The third-order valence-corrected chi connectivity index (χ3v) is 5.06. The molecule has 1 aromatic carbocycles. The molecule has 0 radical (unpaired) electrons. The van der Waals surface area contributed by atoms with Gasteiger partial charge in [-0.05, 0) is 12.1 Å². The number of halogens is 2. The highest BCUT2D eigenvalue weighted by atomic mass is 19.1. The van der Waals surface area contributed by atoms with Crippen LogP contribution in [0.1, 0.15) is 10.4 Å². The first kappa shape index (κ1) is 18.5. The van der Waals surface area contributed by atoms with Crippen molar-refractivity contribution in [1.29, 1.82) is 0 Å². The molecule has 0 saturated carbocycles. The van der Waals surface area contributed by atoms with Crippen molar-refractivity contribution in [3.8, 4) is 0 Å². The first-order valence-corrected chi connectivity index (χ1v) is 9.26. The number of carbonyl (C=O) groups is 1. The molecule has 28 heavy (non-hydrogen) atoms. The van der Waals surface area contributed by atoms with Gasteiger partial charge in [-0.15, -0.1) is 5.10 Å². The van der Waals surface area contributed by atoms with Crippen LogP contribution in [0.25, 0.3) is 0 Å². The van der Waals surface area contributed by atoms with E-state index in [0.717, 1.165) is 36.7 Å². The largest absolute Gasteiger partial charge is 0.378 e. The molecule has 0 bridgehead atoms. The van der Waals surface area contributed by atoms with Crippen LogP contribution in [-0.4, -0.2) is 73.5 Å². The number of piperazine rings is 1. The zero-order valence-corrected chi connectivity index (χ0v) is 15.4. The summed E-state index contributed by atoms with van der Waals surface area (Å²) >= 11 is 0. The molecule has 1 aromatic heterocycles. The summed E-state index contributed by atoms with van der Waals surface area (Å²) in [6, 6.07) is 5.03. The highest BCUT2D eigenvalue weighted by molar-refractivity contribution is 5.94. The minimum atomic E-state index is -0.832. The maximum Gasteiger partial charge on any atom is 0.256 e. The predicted octanol–water partition coefficient (Wildman–Crippen LogP) is 1.55. The SMILES string of the molecule is O=C(c1ccc(F)cc1F)N1CCN(c2cnnc(N3CCOCC3)c2)CC1. The van der Waals surface area contributed by atoms with E-state index in [-0.39, 0.29) is 5.56 Å². The van der Waals surface area contributed by atoms with Gasteiger partial charge in [-0.3, -0.25) is 4.79 Å². The second-order valence-electron chi connectivity index (χ2n) is 6.77. The van der Waals surface area contributed by atoms with Gasteiger partial charge in [0.05, 0.1) is 30.7 Å². The van der Waals surface area contributed by atoms with Gasteiger partial charge < -0.3 is 19.4 Å². The van der Waals surface area contributed by atoms with Gasteiger partial charge in [0.25, 0.3) is 5.91 Å². The standard InChI is InChI=1S/C19H21F2N5O2/c20-14-1-2-16(17(21)11-14)19(27)26-5-3-24(4-6-26)15-12-18(23-22-13-15)25-7-9-28-10-8-25/h1-2,11-13H,3-10H2. The molecule has 2 aromatic rings. The van der Waals surface area contributed by atoms with Gasteiger partial charge in [-0.1, -0.05) is 0 Å². The van der Waals surface area contributed by atoms with E-state index < -0.39 is 17.5 Å². The Kier molecular flexibility index (Phi) is 5.34. The van der Waals surface area contributed by atoms with E-state index in [9.17, 15) is 13.6 Å². The van der Waals surface area contributed by atoms with Gasteiger partial charge in [0.15, 0.2) is 5.82 Å². The Hall–Kier alpha value is -2.81. The number of carbonyl (C=O) groups excluding carboxylic acids is 1. The highest BCUT2D eigenvalue weighted by Crippen LogP contribution is 2.22. The average molecular weight is 389 g/mol. The molecule has 2 fully saturated rings. The zero-order valence-electron chi connectivity index (χ0n) is 15.4. The first-order chi connectivity index (χ1) is 13.6. The fourth-order valence-corrected chi connectivity index (χ4v) is 3.47. The fourth-order valence-electron chi connectivity index (χ4n) is 3.47. The van der Waals surface area contributed by atoms with Crippen molar-refractivity contribution in [2.45, 2.75) is 0 Å². The Balaban J connectivity index is 1.40. The molecule has 148 valence electrons. The van der Waals surface area contributed by atoms with Gasteiger partial charge >= 0.3 is 0 Å². The zero-order chi connectivity index (χ0) is 19.5. The summed E-state index contributed by atoms with van der Waals surface area (Å²) in [6.45, 7) is 5.01. The Morgan fingerprint density at radius 3 is 2.43 bits per heavy atom. The molecule has 0 unspecified atom stereocenters. The third-order valence-electron chi connectivity index (χ3n) is 5.06. The lowest BCUT2D eigenvalue weighted by molar-refractivity contribution is 0.0742. The van der Waals surface area contributed by atoms with Gasteiger partial charge in [0, 0.05) is 51.4 Å². The maximum atomic E-state index is 13.9. The van der Waals surface area contributed by atoms with E-state index in [4.69, 9.17) is 4.74 Å². The van der Waals surface area contributed by atoms with Crippen LogP contribution in [-0.2, 0) is 4.74 Å². The quantitative estimate of drug-likeness (QED) is 0.794. The van der Waals surface area contributed by atoms with E-state index in [1.165, 1.54) is 6.07 Å². The molecule has 2 saturated heterocycles. The molecule has 0 atom stereocenters. The monoisotopic (exact) mass is 389 g/mol. The summed E-state index contributed by atoms with van der Waals surface area (Å²) in [7, 11) is 0. The molecular weight excluding hydrogens is 368 g/mol. The Morgan fingerprint density at radius 2 is 1.71 bits per heavy atom. The number of nitrogens with zero attached hydrogens (tertiary/aromatic N) is 5. The van der Waals surface area contributed by atoms with Crippen molar-refractivity contribution >= 4 is 17.4 Å². The Labute approximate surface area is 161 Å². The summed E-state index contributed by atoms with van der Waals surface area (Å²) < 4.78 is 32.3. The summed E-state index contributed by atoms with van der Waals surface area (Å²) in [4.78, 5) is 18.4. The van der Waals surface area contributed by atoms with E-state index in [1.807, 2.05) is 6.07 Å². The molecule has 0 aliphatic carbocycles. The van der Waals surface area contributed by atoms with Crippen LogP contribution >= 0.6 is 0 Å². The molecule has 3 heterocycles. The lowest BCUT2D eigenvalue weighted by atomic mass is 10.1.